The van der Waals surface area contributed by atoms with Gasteiger partial charge in [-0.25, -0.2) is 9.18 Å². The third kappa shape index (κ3) is 5.04. The molecule has 160 valence electrons. The lowest BCUT2D eigenvalue weighted by atomic mass is 9.92. The molecule has 2 aromatic heterocycles. The summed E-state index contributed by atoms with van der Waals surface area (Å²) in [5.41, 5.74) is 7.37. The molecule has 0 radical (unpaired) electrons. The first-order valence-electron chi connectivity index (χ1n) is 9.84. The molecule has 0 saturated carbocycles. The molecule has 1 aromatic carbocycles. The molecule has 0 aliphatic heterocycles. The maximum absolute atomic E-state index is 14.4. The first-order valence-corrected chi connectivity index (χ1v) is 9.84. The Hall–Kier alpha value is -3.20. The Balaban J connectivity index is 1.72. The van der Waals surface area contributed by atoms with Crippen molar-refractivity contribution in [3.05, 3.63) is 58.3 Å². The summed E-state index contributed by atoms with van der Waals surface area (Å²) in [7, 11) is 0. The highest BCUT2D eigenvalue weighted by Crippen LogP contribution is 2.24. The van der Waals surface area contributed by atoms with Gasteiger partial charge in [-0.15, -0.1) is 0 Å². The fourth-order valence-electron chi connectivity index (χ4n) is 3.05. The molecule has 1 unspecified atom stereocenters. The molecule has 3 aromatic rings. The second-order valence-electron chi connectivity index (χ2n) is 8.23. The number of nitrogens with one attached hydrogen (secondary N) is 4. The molecule has 0 aliphatic rings. The second-order valence-corrected chi connectivity index (χ2v) is 8.23. The maximum atomic E-state index is 14.4. The highest BCUT2D eigenvalue weighted by atomic mass is 19.1. The zero-order valence-corrected chi connectivity index (χ0v) is 17.4. The van der Waals surface area contributed by atoms with Gasteiger partial charge in [0.05, 0.1) is 5.69 Å². The number of aromatic nitrogens is 3. The highest BCUT2D eigenvalue weighted by Gasteiger charge is 2.17. The number of fused-ring (bicyclic) bond motifs is 1. The first kappa shape index (κ1) is 21.5. The summed E-state index contributed by atoms with van der Waals surface area (Å²) in [6, 6.07) is 8.69. The van der Waals surface area contributed by atoms with Crippen molar-refractivity contribution in [2.45, 2.75) is 38.9 Å². The van der Waals surface area contributed by atoms with Crippen LogP contribution in [-0.2, 0) is 5.41 Å². The second kappa shape index (κ2) is 8.66. The molecular formula is C21H28FN7O. The standard InChI is InChI=1S/C21H28FN7O/c1-21(2,3)16-11-14-12-29(20(30)28-18(14)27-16)15-7-5-13(6-8-15)17(22)25-9-4-10-26-19(23)24/h5-8,11-12,17,25H,4,9-10H2,1-3H3,(H4,23,24,26)(H,27,28,30). The Morgan fingerprint density at radius 3 is 2.63 bits per heavy atom. The third-order valence-electron chi connectivity index (χ3n) is 4.77. The van der Waals surface area contributed by atoms with E-state index < -0.39 is 12.0 Å². The van der Waals surface area contributed by atoms with Crippen LogP contribution < -0.4 is 22.1 Å². The number of nitrogens with two attached hydrogens (primary N) is 1. The highest BCUT2D eigenvalue weighted by molar-refractivity contribution is 5.76. The zero-order chi connectivity index (χ0) is 21.9. The summed E-state index contributed by atoms with van der Waals surface area (Å²) in [6.45, 7) is 7.20. The van der Waals surface area contributed by atoms with Crippen molar-refractivity contribution in [2.75, 3.05) is 13.1 Å². The van der Waals surface area contributed by atoms with Crippen LogP contribution in [0.15, 0.2) is 41.3 Å². The van der Waals surface area contributed by atoms with Gasteiger partial charge in [0.25, 0.3) is 0 Å². The van der Waals surface area contributed by atoms with Gasteiger partial charge >= 0.3 is 5.69 Å². The number of aromatic amines is 1. The topological polar surface area (TPSA) is 125 Å². The van der Waals surface area contributed by atoms with E-state index >= 15 is 0 Å². The molecule has 0 bridgehead atoms. The number of H-pyrrole nitrogens is 1. The van der Waals surface area contributed by atoms with Crippen LogP contribution in [0.2, 0.25) is 0 Å². The SMILES string of the molecule is CC(C)(C)c1cc2cn(-c3ccc(C(F)NCCCNC(=N)N)cc3)c(=O)nc2[nH]1. The Bertz CT molecular complexity index is 1080. The van der Waals surface area contributed by atoms with E-state index in [9.17, 15) is 9.18 Å². The van der Waals surface area contributed by atoms with Gasteiger partial charge < -0.3 is 16.0 Å². The fourth-order valence-corrected chi connectivity index (χ4v) is 3.05. The largest absolute Gasteiger partial charge is 0.370 e. The number of nitrogens with zero attached hydrogens (tertiary/aromatic N) is 2. The summed E-state index contributed by atoms with van der Waals surface area (Å²) < 4.78 is 15.8. The van der Waals surface area contributed by atoms with E-state index in [1.54, 1.807) is 30.5 Å². The van der Waals surface area contributed by atoms with Crippen LogP contribution in [0.1, 0.15) is 44.7 Å². The summed E-state index contributed by atoms with van der Waals surface area (Å²) in [5, 5.41) is 13.4. The molecule has 0 amide bonds. The lowest BCUT2D eigenvalue weighted by Gasteiger charge is -2.15. The van der Waals surface area contributed by atoms with E-state index in [-0.39, 0.29) is 11.4 Å². The minimum absolute atomic E-state index is 0.0818. The van der Waals surface area contributed by atoms with E-state index in [0.717, 1.165) is 11.1 Å². The van der Waals surface area contributed by atoms with Crippen LogP contribution in [0.25, 0.3) is 16.7 Å². The van der Waals surface area contributed by atoms with Crippen LogP contribution in [-0.4, -0.2) is 33.6 Å². The average molecular weight is 414 g/mol. The van der Waals surface area contributed by atoms with E-state index in [4.69, 9.17) is 11.1 Å². The van der Waals surface area contributed by atoms with Crippen molar-refractivity contribution in [1.29, 1.82) is 5.41 Å². The van der Waals surface area contributed by atoms with Gasteiger partial charge in [0, 0.05) is 34.8 Å². The van der Waals surface area contributed by atoms with Crippen LogP contribution in [0.3, 0.4) is 0 Å². The number of guanidine groups is 1. The number of benzene rings is 1. The molecule has 0 spiro atoms. The number of hydrogen-bond acceptors (Lipinski definition) is 4. The molecular weight excluding hydrogens is 385 g/mol. The van der Waals surface area contributed by atoms with Gasteiger partial charge in [0.2, 0.25) is 0 Å². The van der Waals surface area contributed by atoms with Crippen LogP contribution in [0.4, 0.5) is 4.39 Å². The predicted molar refractivity (Wildman–Crippen MR) is 117 cm³/mol. The van der Waals surface area contributed by atoms with Crippen LogP contribution >= 0.6 is 0 Å². The van der Waals surface area contributed by atoms with Gasteiger partial charge in [-0.2, -0.15) is 4.98 Å². The molecule has 6 N–H and O–H groups in total. The normalized spacial score (nSPS) is 12.8. The molecule has 8 nitrogen and oxygen atoms in total. The lowest BCUT2D eigenvalue weighted by Crippen LogP contribution is -2.32. The molecule has 0 saturated heterocycles. The summed E-state index contributed by atoms with van der Waals surface area (Å²) in [6.07, 6.45) is 1.05. The van der Waals surface area contributed by atoms with Crippen LogP contribution in [0.5, 0.6) is 0 Å². The first-order chi connectivity index (χ1) is 14.1. The van der Waals surface area contributed by atoms with Crippen molar-refractivity contribution in [3.63, 3.8) is 0 Å². The Kier molecular flexibility index (Phi) is 6.21. The fraction of sp³-hybridized carbons (Fsp3) is 0.381. The number of rotatable bonds is 7. The van der Waals surface area contributed by atoms with Gasteiger partial charge in [-0.1, -0.05) is 32.9 Å². The van der Waals surface area contributed by atoms with Gasteiger partial charge in [0.15, 0.2) is 12.3 Å². The minimum atomic E-state index is -1.33. The molecule has 9 heteroatoms. The molecule has 2 heterocycles. The van der Waals surface area contributed by atoms with Crippen molar-refractivity contribution >= 4 is 17.0 Å². The van der Waals surface area contributed by atoms with E-state index in [2.05, 4.69) is 41.4 Å². The molecule has 30 heavy (non-hydrogen) atoms. The monoisotopic (exact) mass is 413 g/mol. The molecule has 0 aliphatic carbocycles. The number of hydrogen-bond donors (Lipinski definition) is 5. The van der Waals surface area contributed by atoms with Crippen molar-refractivity contribution < 1.29 is 4.39 Å². The van der Waals surface area contributed by atoms with E-state index in [1.807, 2.05) is 6.07 Å². The van der Waals surface area contributed by atoms with Crippen LogP contribution in [0, 0.1) is 5.41 Å². The Labute approximate surface area is 174 Å². The Morgan fingerprint density at radius 1 is 1.30 bits per heavy atom. The van der Waals surface area contributed by atoms with Crippen molar-refractivity contribution in [3.8, 4) is 5.69 Å². The van der Waals surface area contributed by atoms with E-state index in [1.165, 1.54) is 4.57 Å². The van der Waals surface area contributed by atoms with E-state index in [0.29, 0.717) is 36.4 Å². The quantitative estimate of drug-likeness (QED) is 0.176. The zero-order valence-electron chi connectivity index (χ0n) is 17.4. The Morgan fingerprint density at radius 2 is 2.00 bits per heavy atom. The number of halogens is 1. The predicted octanol–water partition coefficient (Wildman–Crippen LogP) is 2.44. The maximum Gasteiger partial charge on any atom is 0.354 e. The minimum Gasteiger partial charge on any atom is -0.370 e. The summed E-state index contributed by atoms with van der Waals surface area (Å²) in [4.78, 5) is 19.8. The summed E-state index contributed by atoms with van der Waals surface area (Å²) >= 11 is 0. The van der Waals surface area contributed by atoms with Crippen molar-refractivity contribution in [2.24, 2.45) is 5.73 Å². The molecule has 1 atom stereocenters. The van der Waals surface area contributed by atoms with Crippen molar-refractivity contribution in [1.82, 2.24) is 25.2 Å². The third-order valence-corrected chi connectivity index (χ3v) is 4.77. The molecule has 3 rings (SSSR count). The smallest absolute Gasteiger partial charge is 0.354 e. The summed E-state index contributed by atoms with van der Waals surface area (Å²) in [5.74, 6) is -0.0976. The molecule has 0 fully saturated rings. The van der Waals surface area contributed by atoms with Gasteiger partial charge in [0.1, 0.15) is 5.65 Å². The van der Waals surface area contributed by atoms with Gasteiger partial charge in [-0.05, 0) is 31.2 Å². The van der Waals surface area contributed by atoms with Gasteiger partial charge in [-0.3, -0.25) is 15.3 Å². The number of alkyl halides is 1. The average Bonchev–Trinajstić information content (AvgIpc) is 3.10. The lowest BCUT2D eigenvalue weighted by molar-refractivity contribution is 0.280.